The Bertz CT molecular complexity index is 198. The van der Waals surface area contributed by atoms with Crippen LogP contribution in [0.1, 0.15) is 26.7 Å². The fourth-order valence-electron chi connectivity index (χ4n) is 0.426. The number of hydrogen-bond donors (Lipinski definition) is 2. The first-order valence-electron chi connectivity index (χ1n) is 3.68. The van der Waals surface area contributed by atoms with Crippen molar-refractivity contribution in [3.63, 3.8) is 0 Å². The van der Waals surface area contributed by atoms with Gasteiger partial charge in [0, 0.05) is 21.1 Å². The van der Waals surface area contributed by atoms with Crippen molar-refractivity contribution in [3.05, 3.63) is 0 Å². The molecule has 0 fully saturated rings. The zero-order valence-electron chi connectivity index (χ0n) is 8.35. The molecule has 0 aromatic heterocycles. The molecule has 0 atom stereocenters. The van der Waals surface area contributed by atoms with Crippen LogP contribution in [0.4, 0.5) is 0 Å². The molecule has 0 bridgehead atoms. The minimum atomic E-state index is -1.06. The second-order valence-corrected chi connectivity index (χ2v) is 2.55. The monoisotopic (exact) mass is 302 g/mol. The van der Waals surface area contributed by atoms with Gasteiger partial charge in [-0.05, 0) is 13.8 Å². The van der Waals surface area contributed by atoms with E-state index in [0.29, 0.717) is 0 Å². The minimum Gasteiger partial charge on any atom is -0.481 e. The number of aliphatic carboxylic acids is 2. The van der Waals surface area contributed by atoms with E-state index >= 15 is 0 Å². The van der Waals surface area contributed by atoms with Gasteiger partial charge < -0.3 is 10.2 Å². The van der Waals surface area contributed by atoms with E-state index in [1.54, 1.807) is 0 Å². The normalized spacial score (nSPS) is 7.60. The Kier molecular flexibility index (Phi) is 14.4. The van der Waals surface area contributed by atoms with Crippen molar-refractivity contribution in [2.24, 2.45) is 0 Å². The second-order valence-electron chi connectivity index (χ2n) is 2.55. The van der Waals surface area contributed by atoms with Gasteiger partial charge in [-0.3, -0.25) is 19.2 Å². The van der Waals surface area contributed by atoms with Crippen molar-refractivity contribution in [2.45, 2.75) is 26.7 Å². The summed E-state index contributed by atoms with van der Waals surface area (Å²) < 4.78 is 0. The van der Waals surface area contributed by atoms with E-state index in [9.17, 15) is 19.2 Å². The summed E-state index contributed by atoms with van der Waals surface area (Å²) in [5.74, 6) is -2.75. The largest absolute Gasteiger partial charge is 0.481 e. The summed E-state index contributed by atoms with van der Waals surface area (Å²) >= 11 is 0. The third kappa shape index (κ3) is 32.1. The van der Waals surface area contributed by atoms with Crippen LogP contribution in [0, 0.1) is 0 Å². The van der Waals surface area contributed by atoms with E-state index in [4.69, 9.17) is 10.2 Å². The summed E-state index contributed by atoms with van der Waals surface area (Å²) in [5.41, 5.74) is 0. The van der Waals surface area contributed by atoms with Gasteiger partial charge in [0.05, 0.1) is 0 Å². The maximum absolute atomic E-state index is 9.87. The van der Waals surface area contributed by atoms with Crippen LogP contribution in [-0.2, 0) is 40.2 Å². The van der Waals surface area contributed by atoms with Gasteiger partial charge >= 0.3 is 11.9 Å². The van der Waals surface area contributed by atoms with Gasteiger partial charge in [-0.15, -0.1) is 0 Å². The fourth-order valence-corrected chi connectivity index (χ4v) is 0.426. The number of hydrogen-bond acceptors (Lipinski definition) is 4. The predicted octanol–water partition coefficient (Wildman–Crippen LogP) is 0.0977. The van der Waals surface area contributed by atoms with Crippen LogP contribution in [0.15, 0.2) is 0 Å². The van der Waals surface area contributed by atoms with Gasteiger partial charge in [0.1, 0.15) is 24.4 Å². The standard InChI is InChI=1S/2C4H6O3.Mo/c2*1-3(5)2-4(6)7;/h2*2H2,1H3,(H,6,7);. The van der Waals surface area contributed by atoms with Crippen LogP contribution in [-0.4, -0.2) is 33.7 Å². The van der Waals surface area contributed by atoms with Gasteiger partial charge in [-0.25, -0.2) is 0 Å². The molecule has 86 valence electrons. The molecule has 6 nitrogen and oxygen atoms in total. The maximum atomic E-state index is 9.87. The van der Waals surface area contributed by atoms with Crippen LogP contribution >= 0.6 is 0 Å². The first kappa shape index (κ1) is 19.5. The van der Waals surface area contributed by atoms with Crippen LogP contribution in [0.2, 0.25) is 0 Å². The molecule has 15 heavy (non-hydrogen) atoms. The number of ketones is 2. The third-order valence-electron chi connectivity index (χ3n) is 0.800. The van der Waals surface area contributed by atoms with Crippen LogP contribution in [0.25, 0.3) is 0 Å². The summed E-state index contributed by atoms with van der Waals surface area (Å²) in [6.45, 7) is 2.49. The molecule has 0 spiro atoms. The molecule has 0 aliphatic heterocycles. The molecule has 0 saturated heterocycles. The molecule has 0 saturated carbocycles. The molecule has 0 heterocycles. The van der Waals surface area contributed by atoms with Crippen LogP contribution in [0.5, 0.6) is 0 Å². The summed E-state index contributed by atoms with van der Waals surface area (Å²) in [5, 5.41) is 15.7. The maximum Gasteiger partial charge on any atom is 0.310 e. The molecule has 7 heteroatoms. The average molecular weight is 300 g/mol. The van der Waals surface area contributed by atoms with Gasteiger partial charge in [0.15, 0.2) is 0 Å². The van der Waals surface area contributed by atoms with E-state index in [2.05, 4.69) is 0 Å². The zero-order chi connectivity index (χ0) is 11.7. The van der Waals surface area contributed by atoms with Gasteiger partial charge in [0.25, 0.3) is 0 Å². The molecule has 0 amide bonds. The molecule has 2 N–H and O–H groups in total. The molecule has 0 unspecified atom stereocenters. The molecule has 0 aliphatic rings. The summed E-state index contributed by atoms with van der Waals surface area (Å²) in [4.78, 5) is 38.9. The smallest absolute Gasteiger partial charge is 0.310 e. The Labute approximate surface area is 101 Å². The Morgan fingerprint density at radius 1 is 0.800 bits per heavy atom. The number of carbonyl (C=O) groups is 4. The van der Waals surface area contributed by atoms with E-state index in [1.165, 1.54) is 13.8 Å². The Morgan fingerprint density at radius 3 is 1.00 bits per heavy atom. The van der Waals surface area contributed by atoms with Crippen molar-refractivity contribution in [3.8, 4) is 0 Å². The number of carboxylic acids is 2. The third-order valence-corrected chi connectivity index (χ3v) is 0.800. The Hall–Kier alpha value is -1.03. The van der Waals surface area contributed by atoms with E-state index in [1.807, 2.05) is 0 Å². The topological polar surface area (TPSA) is 109 Å². The van der Waals surface area contributed by atoms with Crippen LogP contribution < -0.4 is 0 Å². The fraction of sp³-hybridized carbons (Fsp3) is 0.500. The molecule has 0 aliphatic carbocycles. The quantitative estimate of drug-likeness (QED) is 0.563. The van der Waals surface area contributed by atoms with Crippen LogP contribution in [0.3, 0.4) is 0 Å². The summed E-state index contributed by atoms with van der Waals surface area (Å²) in [6, 6.07) is 0. The average Bonchev–Trinajstić information content (AvgIpc) is 1.79. The summed E-state index contributed by atoms with van der Waals surface area (Å²) in [6.07, 6.45) is -0.722. The molecule has 0 aromatic carbocycles. The first-order chi connectivity index (χ1) is 6.25. The van der Waals surface area contributed by atoms with E-state index < -0.39 is 11.9 Å². The van der Waals surface area contributed by atoms with Crippen molar-refractivity contribution in [2.75, 3.05) is 0 Å². The SMILES string of the molecule is CC(=O)CC(=O)O.CC(=O)CC(=O)O.[Mo]. The Balaban J connectivity index is -0.000000180. The van der Waals surface area contributed by atoms with Gasteiger partial charge in [-0.1, -0.05) is 0 Å². The van der Waals surface area contributed by atoms with Gasteiger partial charge in [-0.2, -0.15) is 0 Å². The summed E-state index contributed by atoms with van der Waals surface area (Å²) in [7, 11) is 0. The molecular weight excluding hydrogens is 288 g/mol. The molecule has 0 radical (unpaired) electrons. The van der Waals surface area contributed by atoms with Crippen molar-refractivity contribution in [1.82, 2.24) is 0 Å². The number of Topliss-reactive ketones (excluding diaryl/α,β-unsaturated/α-hetero) is 2. The zero-order valence-corrected chi connectivity index (χ0v) is 10.4. The first-order valence-corrected chi connectivity index (χ1v) is 3.68. The molecule has 0 aromatic rings. The van der Waals surface area contributed by atoms with Crippen molar-refractivity contribution < 1.29 is 50.5 Å². The molecular formula is C8H12MoO6. The second kappa shape index (κ2) is 11.0. The Morgan fingerprint density at radius 2 is 1.00 bits per heavy atom. The van der Waals surface area contributed by atoms with E-state index in [0.717, 1.165) is 0 Å². The number of carbonyl (C=O) groups excluding carboxylic acids is 2. The van der Waals surface area contributed by atoms with Gasteiger partial charge in [0.2, 0.25) is 0 Å². The molecule has 0 rings (SSSR count). The number of carboxylic acid groups (broad SMARTS) is 2. The van der Waals surface area contributed by atoms with Crippen molar-refractivity contribution >= 4 is 23.5 Å². The number of rotatable bonds is 4. The predicted molar refractivity (Wildman–Crippen MR) is 45.9 cm³/mol. The van der Waals surface area contributed by atoms with Crippen molar-refractivity contribution in [1.29, 1.82) is 0 Å². The minimum absolute atomic E-state index is 0. The van der Waals surface area contributed by atoms with E-state index in [-0.39, 0.29) is 45.5 Å².